The van der Waals surface area contributed by atoms with E-state index in [9.17, 15) is 0 Å². The van der Waals surface area contributed by atoms with Crippen molar-refractivity contribution < 1.29 is 0 Å². The molecule has 0 heterocycles. The number of rotatable bonds is 6. The van der Waals surface area contributed by atoms with Gasteiger partial charge in [-0.15, -0.1) is 0 Å². The summed E-state index contributed by atoms with van der Waals surface area (Å²) in [6.07, 6.45) is 4.70. The van der Waals surface area contributed by atoms with Gasteiger partial charge in [-0.25, -0.2) is 0 Å². The highest BCUT2D eigenvalue weighted by Crippen LogP contribution is 2.16. The van der Waals surface area contributed by atoms with Crippen molar-refractivity contribution in [2.75, 3.05) is 0 Å². The first kappa shape index (κ1) is 14.2. The molecule has 2 unspecified atom stereocenters. The van der Waals surface area contributed by atoms with Crippen LogP contribution in [0.5, 0.6) is 0 Å². The predicted octanol–water partition coefficient (Wildman–Crippen LogP) is 4.00. The topological polar surface area (TPSA) is 26.0 Å². The Bertz CT molecular complexity index is 343. The highest BCUT2D eigenvalue weighted by atomic mass is 14.6. The van der Waals surface area contributed by atoms with Gasteiger partial charge in [0.25, 0.3) is 0 Å². The first-order valence-corrected chi connectivity index (χ1v) is 6.84. The van der Waals surface area contributed by atoms with Gasteiger partial charge >= 0.3 is 0 Å². The van der Waals surface area contributed by atoms with E-state index in [4.69, 9.17) is 5.73 Å². The normalized spacial score (nSPS) is 14.6. The molecule has 17 heavy (non-hydrogen) atoms. The van der Waals surface area contributed by atoms with Gasteiger partial charge < -0.3 is 5.73 Å². The average molecular weight is 233 g/mol. The van der Waals surface area contributed by atoms with Gasteiger partial charge in [-0.3, -0.25) is 0 Å². The van der Waals surface area contributed by atoms with Crippen LogP contribution in [0.15, 0.2) is 18.2 Å². The lowest BCUT2D eigenvalue weighted by Gasteiger charge is -2.17. The Hall–Kier alpha value is -0.820. The van der Waals surface area contributed by atoms with Gasteiger partial charge in [0.2, 0.25) is 0 Å². The fourth-order valence-electron chi connectivity index (χ4n) is 2.44. The molecule has 0 saturated heterocycles. The SMILES string of the molecule is CCCC(C)CC(N)Cc1ccc(C)c(C)c1. The lowest BCUT2D eigenvalue weighted by atomic mass is 9.93. The molecule has 96 valence electrons. The third-order valence-electron chi connectivity index (χ3n) is 3.56. The number of benzene rings is 1. The smallest absolute Gasteiger partial charge is 0.00818 e. The molecule has 2 N–H and O–H groups in total. The van der Waals surface area contributed by atoms with Crippen LogP contribution in [0.25, 0.3) is 0 Å². The summed E-state index contributed by atoms with van der Waals surface area (Å²) >= 11 is 0. The molecule has 0 saturated carbocycles. The number of nitrogens with two attached hydrogens (primary N) is 1. The molecule has 0 aliphatic heterocycles. The quantitative estimate of drug-likeness (QED) is 0.789. The first-order chi connectivity index (χ1) is 8.02. The van der Waals surface area contributed by atoms with Crippen molar-refractivity contribution in [2.24, 2.45) is 11.7 Å². The molecule has 0 radical (unpaired) electrons. The molecule has 0 amide bonds. The van der Waals surface area contributed by atoms with E-state index < -0.39 is 0 Å². The molecule has 1 nitrogen and oxygen atoms in total. The molecule has 0 fully saturated rings. The van der Waals surface area contributed by atoms with Gasteiger partial charge in [0.15, 0.2) is 0 Å². The summed E-state index contributed by atoms with van der Waals surface area (Å²) in [4.78, 5) is 0. The molecule has 0 aromatic heterocycles. The minimum atomic E-state index is 0.304. The van der Waals surface area contributed by atoms with Gasteiger partial charge in [0.05, 0.1) is 0 Å². The fraction of sp³-hybridized carbons (Fsp3) is 0.625. The van der Waals surface area contributed by atoms with Crippen LogP contribution in [0, 0.1) is 19.8 Å². The molecule has 0 spiro atoms. The Kier molecular flexibility index (Phi) is 5.70. The largest absolute Gasteiger partial charge is 0.327 e. The molecule has 0 bridgehead atoms. The molecule has 1 rings (SSSR count). The van der Waals surface area contributed by atoms with E-state index in [2.05, 4.69) is 45.9 Å². The second kappa shape index (κ2) is 6.80. The Morgan fingerprint density at radius 1 is 1.18 bits per heavy atom. The van der Waals surface area contributed by atoms with Crippen molar-refractivity contribution in [2.45, 2.75) is 59.4 Å². The Morgan fingerprint density at radius 2 is 1.88 bits per heavy atom. The zero-order valence-corrected chi connectivity index (χ0v) is 11.8. The third kappa shape index (κ3) is 4.91. The average Bonchev–Trinajstić information content (AvgIpc) is 2.23. The van der Waals surface area contributed by atoms with Crippen LogP contribution in [0.2, 0.25) is 0 Å². The molecular weight excluding hydrogens is 206 g/mol. The van der Waals surface area contributed by atoms with Gasteiger partial charge in [0, 0.05) is 6.04 Å². The number of hydrogen-bond acceptors (Lipinski definition) is 1. The zero-order chi connectivity index (χ0) is 12.8. The van der Waals surface area contributed by atoms with Crippen LogP contribution in [-0.4, -0.2) is 6.04 Å². The second-order valence-electron chi connectivity index (χ2n) is 5.51. The van der Waals surface area contributed by atoms with Gasteiger partial charge in [-0.05, 0) is 49.3 Å². The summed E-state index contributed by atoms with van der Waals surface area (Å²) < 4.78 is 0. The second-order valence-corrected chi connectivity index (χ2v) is 5.51. The summed E-state index contributed by atoms with van der Waals surface area (Å²) in [6.45, 7) is 8.88. The van der Waals surface area contributed by atoms with Crippen molar-refractivity contribution in [3.8, 4) is 0 Å². The molecule has 0 aliphatic rings. The molecule has 1 heteroatoms. The molecule has 1 aromatic carbocycles. The van der Waals surface area contributed by atoms with Crippen molar-refractivity contribution >= 4 is 0 Å². The van der Waals surface area contributed by atoms with E-state index in [-0.39, 0.29) is 0 Å². The van der Waals surface area contributed by atoms with Crippen molar-refractivity contribution in [3.63, 3.8) is 0 Å². The van der Waals surface area contributed by atoms with Crippen LogP contribution in [-0.2, 0) is 6.42 Å². The van der Waals surface area contributed by atoms with Gasteiger partial charge in [-0.2, -0.15) is 0 Å². The lowest BCUT2D eigenvalue weighted by molar-refractivity contribution is 0.431. The van der Waals surface area contributed by atoms with Crippen LogP contribution in [0.3, 0.4) is 0 Å². The summed E-state index contributed by atoms with van der Waals surface area (Å²) in [5.74, 6) is 0.751. The van der Waals surface area contributed by atoms with E-state index in [0.29, 0.717) is 6.04 Å². The van der Waals surface area contributed by atoms with Crippen molar-refractivity contribution in [1.29, 1.82) is 0 Å². The third-order valence-corrected chi connectivity index (χ3v) is 3.56. The maximum Gasteiger partial charge on any atom is 0.00818 e. The summed E-state index contributed by atoms with van der Waals surface area (Å²) in [7, 11) is 0. The Balaban J connectivity index is 2.50. The summed E-state index contributed by atoms with van der Waals surface area (Å²) in [5, 5.41) is 0. The summed E-state index contributed by atoms with van der Waals surface area (Å²) in [6, 6.07) is 7.00. The maximum absolute atomic E-state index is 6.23. The number of aryl methyl sites for hydroxylation is 2. The van der Waals surface area contributed by atoms with Crippen molar-refractivity contribution in [1.82, 2.24) is 0 Å². The monoisotopic (exact) mass is 233 g/mol. The molecule has 2 atom stereocenters. The first-order valence-electron chi connectivity index (χ1n) is 6.84. The van der Waals surface area contributed by atoms with E-state index in [1.54, 1.807) is 0 Å². The van der Waals surface area contributed by atoms with Crippen molar-refractivity contribution in [3.05, 3.63) is 34.9 Å². The molecule has 0 aliphatic carbocycles. The van der Waals surface area contributed by atoms with Crippen LogP contribution < -0.4 is 5.73 Å². The number of hydrogen-bond donors (Lipinski definition) is 1. The fourth-order valence-corrected chi connectivity index (χ4v) is 2.44. The molecule has 1 aromatic rings. The predicted molar refractivity (Wildman–Crippen MR) is 76.3 cm³/mol. The standard InChI is InChI=1S/C16H27N/c1-5-6-12(2)9-16(17)11-15-8-7-13(3)14(4)10-15/h7-8,10,12,16H,5-6,9,11,17H2,1-4H3. The zero-order valence-electron chi connectivity index (χ0n) is 11.8. The van der Waals surface area contributed by atoms with E-state index in [1.165, 1.54) is 29.5 Å². The minimum Gasteiger partial charge on any atom is -0.327 e. The lowest BCUT2D eigenvalue weighted by Crippen LogP contribution is -2.25. The van der Waals surface area contributed by atoms with Crippen LogP contribution in [0.4, 0.5) is 0 Å². The minimum absolute atomic E-state index is 0.304. The van der Waals surface area contributed by atoms with E-state index in [0.717, 1.165) is 18.8 Å². The van der Waals surface area contributed by atoms with E-state index in [1.807, 2.05) is 0 Å². The van der Waals surface area contributed by atoms with Gasteiger partial charge in [-0.1, -0.05) is 44.9 Å². The molecular formula is C16H27N. The summed E-state index contributed by atoms with van der Waals surface area (Å²) in [5.41, 5.74) is 10.3. The van der Waals surface area contributed by atoms with E-state index >= 15 is 0 Å². The maximum atomic E-state index is 6.23. The Labute approximate surface area is 106 Å². The van der Waals surface area contributed by atoms with Crippen LogP contribution in [0.1, 0.15) is 49.8 Å². The highest BCUT2D eigenvalue weighted by Gasteiger charge is 2.09. The van der Waals surface area contributed by atoms with Crippen LogP contribution >= 0.6 is 0 Å². The Morgan fingerprint density at radius 3 is 2.47 bits per heavy atom. The highest BCUT2D eigenvalue weighted by molar-refractivity contribution is 5.30. The van der Waals surface area contributed by atoms with Gasteiger partial charge in [0.1, 0.15) is 0 Å².